The monoisotopic (exact) mass is 497 g/mol. The second-order valence-corrected chi connectivity index (χ2v) is 9.61. The zero-order valence-electron chi connectivity index (χ0n) is 20.7. The normalized spacial score (nSPS) is 18.2. The van der Waals surface area contributed by atoms with E-state index in [4.69, 9.17) is 5.73 Å². The lowest BCUT2D eigenvalue weighted by atomic mass is 10.0. The van der Waals surface area contributed by atoms with Gasteiger partial charge in [0, 0.05) is 45.2 Å². The summed E-state index contributed by atoms with van der Waals surface area (Å²) in [6, 6.07) is 0.246. The first kappa shape index (κ1) is 25.4. The van der Waals surface area contributed by atoms with Crippen LogP contribution >= 0.6 is 0 Å². The fraction of sp³-hybridized carbons (Fsp3) is 0.583. The van der Waals surface area contributed by atoms with Crippen LogP contribution in [0.25, 0.3) is 0 Å². The molecule has 3 fully saturated rings. The highest BCUT2D eigenvalue weighted by molar-refractivity contribution is 5.96. The lowest BCUT2D eigenvalue weighted by Gasteiger charge is -2.32. The third-order valence-electron chi connectivity index (χ3n) is 6.61. The molecule has 0 bridgehead atoms. The van der Waals surface area contributed by atoms with Crippen LogP contribution in [0.1, 0.15) is 68.4 Å². The predicted molar refractivity (Wildman–Crippen MR) is 135 cm³/mol. The number of hydrogen-bond donors (Lipinski definition) is 3. The summed E-state index contributed by atoms with van der Waals surface area (Å²) >= 11 is 0. The van der Waals surface area contributed by atoms with Gasteiger partial charge in [-0.15, -0.1) is 0 Å². The lowest BCUT2D eigenvalue weighted by molar-refractivity contribution is -0.133. The van der Waals surface area contributed by atoms with Crippen molar-refractivity contribution in [2.24, 2.45) is 17.4 Å². The van der Waals surface area contributed by atoms with Gasteiger partial charge in [0.15, 0.2) is 11.5 Å². The van der Waals surface area contributed by atoms with Crippen LogP contribution in [-0.2, 0) is 9.59 Å². The molecule has 36 heavy (non-hydrogen) atoms. The molecule has 1 saturated carbocycles. The maximum absolute atomic E-state index is 12.3. The lowest BCUT2D eigenvalue weighted by Crippen LogP contribution is -2.39. The minimum Gasteiger partial charge on any atom is -0.370 e. The predicted octanol–water partition coefficient (Wildman–Crippen LogP) is 1.57. The van der Waals surface area contributed by atoms with Crippen LogP contribution in [0.2, 0.25) is 0 Å². The molecule has 12 heteroatoms. The van der Waals surface area contributed by atoms with Gasteiger partial charge < -0.3 is 26.6 Å². The summed E-state index contributed by atoms with van der Waals surface area (Å²) < 4.78 is 1.94. The Morgan fingerprint density at radius 2 is 1.64 bits per heavy atom. The van der Waals surface area contributed by atoms with Crippen molar-refractivity contribution in [1.29, 1.82) is 0 Å². The number of primary amides is 2. The molecule has 0 unspecified atom stereocenters. The van der Waals surface area contributed by atoms with E-state index in [0.29, 0.717) is 11.7 Å². The largest absolute Gasteiger partial charge is 0.370 e. The molecule has 2 saturated heterocycles. The molecule has 3 aliphatic rings. The van der Waals surface area contributed by atoms with Crippen LogP contribution < -0.4 is 21.7 Å². The number of nitrogens with two attached hydrogens (primary N) is 2. The van der Waals surface area contributed by atoms with E-state index in [1.54, 1.807) is 12.4 Å². The minimum absolute atomic E-state index is 0.116. The molecule has 2 aromatic heterocycles. The van der Waals surface area contributed by atoms with Crippen molar-refractivity contribution in [3.05, 3.63) is 24.3 Å². The average molecular weight is 498 g/mol. The topological polar surface area (TPSA) is 165 Å². The number of nitrogens with zero attached hydrogens (tertiary/aromatic N) is 6. The van der Waals surface area contributed by atoms with Gasteiger partial charge in [-0.25, -0.2) is 9.97 Å². The van der Waals surface area contributed by atoms with E-state index in [-0.39, 0.29) is 23.6 Å². The Hall–Kier alpha value is -3.70. The van der Waals surface area contributed by atoms with Crippen LogP contribution in [0.15, 0.2) is 18.6 Å². The Balaban J connectivity index is 0.000000709. The molecule has 0 radical (unpaired) electrons. The van der Waals surface area contributed by atoms with Crippen molar-refractivity contribution in [2.45, 2.75) is 57.9 Å². The Labute approximate surface area is 210 Å². The second kappa shape index (κ2) is 11.4. The first-order chi connectivity index (χ1) is 17.3. The van der Waals surface area contributed by atoms with Gasteiger partial charge in [0.1, 0.15) is 5.82 Å². The van der Waals surface area contributed by atoms with Gasteiger partial charge in [-0.2, -0.15) is 5.10 Å². The van der Waals surface area contributed by atoms with E-state index in [9.17, 15) is 14.4 Å². The third kappa shape index (κ3) is 6.49. The standard InChI is InChI=1S/C22H30N8O2.C2H5NO/c23-20(31)19-21(27-18(13-24-19)28-8-2-1-3-9-28)26-16-12-25-30(14-16)17-6-10-29(11-7-17)22(32)15-4-5-15;1-2(3)4/h12-15,17H,1-11H2,(H2,23,31)(H,26,27);1H3,(H2,3,4). The summed E-state index contributed by atoms with van der Waals surface area (Å²) in [5, 5.41) is 7.71. The third-order valence-corrected chi connectivity index (χ3v) is 6.61. The molecule has 0 spiro atoms. The van der Waals surface area contributed by atoms with Crippen molar-refractivity contribution >= 4 is 35.0 Å². The minimum atomic E-state index is -0.620. The fourth-order valence-corrected chi connectivity index (χ4v) is 4.60. The number of hydrogen-bond acceptors (Lipinski definition) is 8. The summed E-state index contributed by atoms with van der Waals surface area (Å²) in [4.78, 5) is 46.5. The first-order valence-corrected chi connectivity index (χ1v) is 12.6. The zero-order chi connectivity index (χ0) is 25.7. The van der Waals surface area contributed by atoms with E-state index in [0.717, 1.165) is 76.2 Å². The van der Waals surface area contributed by atoms with Crippen LogP contribution in [0, 0.1) is 5.92 Å². The molecule has 5 rings (SSSR count). The number of carbonyl (C=O) groups excluding carboxylic acids is 3. The number of anilines is 3. The molecule has 2 aliphatic heterocycles. The van der Waals surface area contributed by atoms with Crippen LogP contribution in [0.3, 0.4) is 0 Å². The smallest absolute Gasteiger partial charge is 0.271 e. The van der Waals surface area contributed by atoms with E-state index < -0.39 is 5.91 Å². The summed E-state index contributed by atoms with van der Waals surface area (Å²) in [6.07, 6.45) is 12.6. The Bertz CT molecular complexity index is 1080. The van der Waals surface area contributed by atoms with Gasteiger partial charge in [0.2, 0.25) is 11.8 Å². The van der Waals surface area contributed by atoms with Gasteiger partial charge in [-0.1, -0.05) is 0 Å². The summed E-state index contributed by atoms with van der Waals surface area (Å²) in [6.45, 7) is 4.73. The van der Waals surface area contributed by atoms with E-state index >= 15 is 0 Å². The molecule has 1 aliphatic carbocycles. The number of aromatic nitrogens is 4. The number of piperidine rings is 2. The van der Waals surface area contributed by atoms with E-state index in [2.05, 4.69) is 31.0 Å². The SMILES string of the molecule is CC(N)=O.NC(=O)c1ncc(N2CCCCC2)nc1Nc1cnn(C2CCN(C(=O)C3CC3)CC2)c1. The quantitative estimate of drug-likeness (QED) is 0.541. The second-order valence-electron chi connectivity index (χ2n) is 9.61. The Morgan fingerprint density at radius 3 is 2.25 bits per heavy atom. The Morgan fingerprint density at radius 1 is 0.972 bits per heavy atom. The van der Waals surface area contributed by atoms with Crippen molar-refractivity contribution in [1.82, 2.24) is 24.6 Å². The van der Waals surface area contributed by atoms with Gasteiger partial charge >= 0.3 is 0 Å². The molecule has 3 amide bonds. The van der Waals surface area contributed by atoms with Crippen molar-refractivity contribution in [3.8, 4) is 0 Å². The molecular formula is C24H35N9O3. The van der Waals surface area contributed by atoms with Crippen LogP contribution in [0.5, 0.6) is 0 Å². The molecule has 4 heterocycles. The van der Waals surface area contributed by atoms with E-state index in [1.165, 1.54) is 13.3 Å². The highest BCUT2D eigenvalue weighted by atomic mass is 16.2. The number of carbonyl (C=O) groups is 3. The number of amides is 3. The fourth-order valence-electron chi connectivity index (χ4n) is 4.60. The van der Waals surface area contributed by atoms with Gasteiger partial charge in [-0.05, 0) is 44.9 Å². The van der Waals surface area contributed by atoms with Gasteiger partial charge in [-0.3, -0.25) is 19.1 Å². The van der Waals surface area contributed by atoms with Crippen molar-refractivity contribution in [2.75, 3.05) is 36.4 Å². The van der Waals surface area contributed by atoms with Gasteiger partial charge in [0.25, 0.3) is 5.91 Å². The highest BCUT2D eigenvalue weighted by Crippen LogP contribution is 2.33. The molecular weight excluding hydrogens is 462 g/mol. The van der Waals surface area contributed by atoms with E-state index in [1.807, 2.05) is 15.8 Å². The summed E-state index contributed by atoms with van der Waals surface area (Å²) in [5.41, 5.74) is 10.9. The van der Waals surface area contributed by atoms with Crippen LogP contribution in [-0.4, -0.2) is 68.5 Å². The maximum Gasteiger partial charge on any atom is 0.271 e. The molecule has 194 valence electrons. The summed E-state index contributed by atoms with van der Waals surface area (Å²) in [5.74, 6) is 0.735. The Kier molecular flexibility index (Phi) is 8.01. The van der Waals surface area contributed by atoms with Gasteiger partial charge in [0.05, 0.1) is 24.1 Å². The number of rotatable bonds is 6. The first-order valence-electron chi connectivity index (χ1n) is 12.6. The number of nitrogens with one attached hydrogen (secondary N) is 1. The molecule has 5 N–H and O–H groups in total. The highest BCUT2D eigenvalue weighted by Gasteiger charge is 2.35. The van der Waals surface area contributed by atoms with Crippen molar-refractivity contribution < 1.29 is 14.4 Å². The average Bonchev–Trinajstić information content (AvgIpc) is 3.62. The molecule has 2 aromatic rings. The molecule has 0 aromatic carbocycles. The van der Waals surface area contributed by atoms with Crippen LogP contribution in [0.4, 0.5) is 17.3 Å². The zero-order valence-corrected chi connectivity index (χ0v) is 20.7. The molecule has 0 atom stereocenters. The number of likely N-dealkylation sites (tertiary alicyclic amines) is 1. The van der Waals surface area contributed by atoms with Crippen molar-refractivity contribution in [3.63, 3.8) is 0 Å². The summed E-state index contributed by atoms with van der Waals surface area (Å²) in [7, 11) is 0. The maximum atomic E-state index is 12.3. The molecule has 12 nitrogen and oxygen atoms in total.